The first kappa shape index (κ1) is 33.1. The van der Waals surface area contributed by atoms with E-state index in [4.69, 9.17) is 9.15 Å². The fourth-order valence-corrected chi connectivity index (χ4v) is 10.3. The van der Waals surface area contributed by atoms with Gasteiger partial charge in [0, 0.05) is 44.5 Å². The normalized spacial score (nSPS) is 13.3. The second kappa shape index (κ2) is 12.6. The predicted octanol–water partition coefficient (Wildman–Crippen LogP) is 15.5. The summed E-state index contributed by atoms with van der Waals surface area (Å²) in [6.45, 7) is 0. The minimum atomic E-state index is -0.564. The van der Waals surface area contributed by atoms with Crippen LogP contribution in [0.4, 0.5) is 17.1 Å². The molecule has 0 amide bonds. The van der Waals surface area contributed by atoms with Gasteiger partial charge in [0.1, 0.15) is 22.7 Å². The third-order valence-corrected chi connectivity index (χ3v) is 12.9. The van der Waals surface area contributed by atoms with Crippen LogP contribution in [0.25, 0.3) is 65.7 Å². The van der Waals surface area contributed by atoms with Crippen molar-refractivity contribution in [3.8, 4) is 33.8 Å². The summed E-state index contributed by atoms with van der Waals surface area (Å²) in [5.74, 6) is 1.78. The molecule has 1 aliphatic carbocycles. The van der Waals surface area contributed by atoms with E-state index < -0.39 is 5.41 Å². The molecule has 0 bridgehead atoms. The van der Waals surface area contributed by atoms with Gasteiger partial charge in [-0.05, 0) is 104 Å². The predicted molar refractivity (Wildman–Crippen MR) is 246 cm³/mol. The highest BCUT2D eigenvalue weighted by molar-refractivity contribution is 6.10. The van der Waals surface area contributed by atoms with Crippen LogP contribution in [-0.2, 0) is 5.41 Å². The summed E-state index contributed by atoms with van der Waals surface area (Å²) >= 11 is 0. The highest BCUT2D eigenvalue weighted by atomic mass is 16.5. The first-order valence-electron chi connectivity index (χ1n) is 20.6. The number of nitrogens with zero attached hydrogens (tertiary/aromatic N) is 1. The molecule has 0 fully saturated rings. The number of para-hydroxylation sites is 4. The monoisotopic (exact) mass is 765 g/mol. The van der Waals surface area contributed by atoms with Crippen LogP contribution in [0, 0.1) is 0 Å². The van der Waals surface area contributed by atoms with Crippen LogP contribution in [-0.4, -0.2) is 0 Å². The van der Waals surface area contributed by atoms with Gasteiger partial charge >= 0.3 is 0 Å². The Labute approximate surface area is 347 Å². The van der Waals surface area contributed by atoms with E-state index in [-0.39, 0.29) is 0 Å². The zero-order chi connectivity index (χ0) is 39.4. The quantitative estimate of drug-likeness (QED) is 0.178. The van der Waals surface area contributed by atoms with E-state index in [1.54, 1.807) is 0 Å². The van der Waals surface area contributed by atoms with Crippen molar-refractivity contribution in [1.29, 1.82) is 0 Å². The van der Waals surface area contributed by atoms with Crippen molar-refractivity contribution < 1.29 is 9.15 Å². The second-order valence-electron chi connectivity index (χ2n) is 16.0. The molecular weight excluding hydrogens is 731 g/mol. The topological polar surface area (TPSA) is 25.6 Å². The molecule has 0 saturated heterocycles. The number of ether oxygens (including phenoxy) is 1. The number of anilines is 3. The SMILES string of the molecule is c1ccc2c(c1)Oc1ccccc1C21c2ccc(N(c3ccc(-c4cccc5c4oc4ccccc45)cc3)c3ccc4ccccc4c3)cc2-c2c1ccc1ccccc21. The van der Waals surface area contributed by atoms with E-state index in [0.717, 1.165) is 72.8 Å². The number of fused-ring (bicyclic) bond motifs is 15. The molecule has 60 heavy (non-hydrogen) atoms. The Balaban J connectivity index is 1.04. The molecule has 13 rings (SSSR count). The molecule has 1 spiro atoms. The molecule has 1 aliphatic heterocycles. The molecule has 11 aromatic rings. The van der Waals surface area contributed by atoms with Gasteiger partial charge in [0.2, 0.25) is 0 Å². The van der Waals surface area contributed by atoms with Crippen LogP contribution in [0.1, 0.15) is 22.3 Å². The van der Waals surface area contributed by atoms with Crippen molar-refractivity contribution in [3.05, 3.63) is 235 Å². The van der Waals surface area contributed by atoms with Gasteiger partial charge in [0.05, 0.1) is 5.41 Å². The number of furan rings is 1. The maximum Gasteiger partial charge on any atom is 0.143 e. The first-order chi connectivity index (χ1) is 29.7. The smallest absolute Gasteiger partial charge is 0.143 e. The first-order valence-corrected chi connectivity index (χ1v) is 20.6. The van der Waals surface area contributed by atoms with Gasteiger partial charge in [0.25, 0.3) is 0 Å². The molecular formula is C57H35NO2. The van der Waals surface area contributed by atoms with Crippen molar-refractivity contribution in [2.75, 3.05) is 4.90 Å². The molecule has 3 heteroatoms. The fraction of sp³-hybridized carbons (Fsp3) is 0.0175. The lowest BCUT2D eigenvalue weighted by Crippen LogP contribution is -2.32. The molecule has 0 saturated carbocycles. The summed E-state index contributed by atoms with van der Waals surface area (Å²) in [4.78, 5) is 2.40. The van der Waals surface area contributed by atoms with E-state index in [2.05, 4.69) is 205 Å². The van der Waals surface area contributed by atoms with E-state index in [1.165, 1.54) is 43.8 Å². The molecule has 0 radical (unpaired) electrons. The Hall–Kier alpha value is -7.88. The third kappa shape index (κ3) is 4.60. The molecule has 2 aliphatic rings. The Morgan fingerprint density at radius 1 is 0.367 bits per heavy atom. The van der Waals surface area contributed by atoms with Crippen LogP contribution in [0.5, 0.6) is 11.5 Å². The van der Waals surface area contributed by atoms with Gasteiger partial charge in [-0.1, -0.05) is 158 Å². The standard InChI is InChI=1S/C57H35NO2/c1-2-14-39-34-41(30-24-36(39)12-1)58(40-28-25-38(26-29-40)44-17-11-18-46-45-16-5-8-21-52(45)60-56(44)46)42-31-33-48-47(35-42)55-43-15-4-3-13-37(43)27-32-51(55)57(48)49-19-6-9-22-53(49)59-54-23-10-7-20-50(54)57/h1-35H. The van der Waals surface area contributed by atoms with Crippen molar-refractivity contribution in [3.63, 3.8) is 0 Å². The average molecular weight is 766 g/mol. The van der Waals surface area contributed by atoms with Crippen molar-refractivity contribution >= 4 is 60.5 Å². The van der Waals surface area contributed by atoms with Crippen molar-refractivity contribution in [1.82, 2.24) is 0 Å². The van der Waals surface area contributed by atoms with Crippen LogP contribution >= 0.6 is 0 Å². The van der Waals surface area contributed by atoms with E-state index in [9.17, 15) is 0 Å². The van der Waals surface area contributed by atoms with Crippen molar-refractivity contribution in [2.45, 2.75) is 5.41 Å². The average Bonchev–Trinajstić information content (AvgIpc) is 3.83. The van der Waals surface area contributed by atoms with Crippen molar-refractivity contribution in [2.24, 2.45) is 0 Å². The zero-order valence-electron chi connectivity index (χ0n) is 32.5. The molecule has 10 aromatic carbocycles. The number of benzene rings is 10. The number of hydrogen-bond donors (Lipinski definition) is 0. The van der Waals surface area contributed by atoms with Crippen LogP contribution < -0.4 is 9.64 Å². The summed E-state index contributed by atoms with van der Waals surface area (Å²) in [5, 5.41) is 7.13. The largest absolute Gasteiger partial charge is 0.457 e. The number of hydrogen-bond acceptors (Lipinski definition) is 3. The lowest BCUT2D eigenvalue weighted by Gasteiger charge is -2.39. The fourth-order valence-electron chi connectivity index (χ4n) is 10.3. The molecule has 0 N–H and O–H groups in total. The summed E-state index contributed by atoms with van der Waals surface area (Å²) in [7, 11) is 0. The maximum atomic E-state index is 6.66. The van der Waals surface area contributed by atoms with Crippen LogP contribution in [0.3, 0.4) is 0 Å². The third-order valence-electron chi connectivity index (χ3n) is 12.9. The Morgan fingerprint density at radius 2 is 0.967 bits per heavy atom. The lowest BCUT2D eigenvalue weighted by molar-refractivity contribution is 0.436. The van der Waals surface area contributed by atoms with Gasteiger partial charge in [-0.15, -0.1) is 0 Å². The van der Waals surface area contributed by atoms with Gasteiger partial charge in [-0.3, -0.25) is 0 Å². The zero-order valence-corrected chi connectivity index (χ0v) is 32.5. The minimum absolute atomic E-state index is 0.564. The molecule has 3 nitrogen and oxygen atoms in total. The minimum Gasteiger partial charge on any atom is -0.457 e. The Bertz CT molecular complexity index is 3500. The Kier molecular flexibility index (Phi) is 6.93. The summed E-state index contributed by atoms with van der Waals surface area (Å²) < 4.78 is 13.1. The van der Waals surface area contributed by atoms with Gasteiger partial charge in [0.15, 0.2) is 0 Å². The van der Waals surface area contributed by atoms with Crippen LogP contribution in [0.15, 0.2) is 217 Å². The second-order valence-corrected chi connectivity index (χ2v) is 16.0. The summed E-state index contributed by atoms with van der Waals surface area (Å²) in [6, 6.07) is 76.8. The van der Waals surface area contributed by atoms with E-state index >= 15 is 0 Å². The highest BCUT2D eigenvalue weighted by Crippen LogP contribution is 2.63. The molecule has 0 atom stereocenters. The maximum absolute atomic E-state index is 6.66. The molecule has 0 unspecified atom stereocenters. The Morgan fingerprint density at radius 3 is 1.78 bits per heavy atom. The number of rotatable bonds is 4. The van der Waals surface area contributed by atoms with Gasteiger partial charge in [-0.25, -0.2) is 0 Å². The molecule has 280 valence electrons. The lowest BCUT2D eigenvalue weighted by atomic mass is 9.66. The van der Waals surface area contributed by atoms with Gasteiger partial charge in [-0.2, -0.15) is 0 Å². The summed E-state index contributed by atoms with van der Waals surface area (Å²) in [5.41, 5.74) is 14.0. The molecule has 1 aromatic heterocycles. The van der Waals surface area contributed by atoms with E-state index in [0.29, 0.717) is 0 Å². The molecule has 2 heterocycles. The summed E-state index contributed by atoms with van der Waals surface area (Å²) in [6.07, 6.45) is 0. The van der Waals surface area contributed by atoms with Gasteiger partial charge < -0.3 is 14.1 Å². The highest BCUT2D eigenvalue weighted by Gasteiger charge is 2.51. The van der Waals surface area contributed by atoms with Crippen LogP contribution in [0.2, 0.25) is 0 Å². The van der Waals surface area contributed by atoms with E-state index in [1.807, 2.05) is 12.1 Å².